The summed E-state index contributed by atoms with van der Waals surface area (Å²) in [5.41, 5.74) is 2.76. The van der Waals surface area contributed by atoms with Gasteiger partial charge in [0.05, 0.1) is 12.6 Å². The molecule has 122 valence electrons. The quantitative estimate of drug-likeness (QED) is 0.717. The van der Waals surface area contributed by atoms with Gasteiger partial charge in [0.1, 0.15) is 0 Å². The van der Waals surface area contributed by atoms with Gasteiger partial charge in [-0.05, 0) is 41.8 Å². The second kappa shape index (κ2) is 5.83. The highest BCUT2D eigenvalue weighted by Crippen LogP contribution is 2.40. The van der Waals surface area contributed by atoms with E-state index in [-0.39, 0.29) is 6.04 Å². The lowest BCUT2D eigenvalue weighted by Crippen LogP contribution is -2.35. The van der Waals surface area contributed by atoms with Crippen molar-refractivity contribution in [3.8, 4) is 0 Å². The minimum Gasteiger partial charge on any atom is -0.338 e. The molecule has 5 heteroatoms. The normalized spacial score (nSPS) is 20.9. The lowest BCUT2D eigenvalue weighted by Gasteiger charge is -2.35. The highest BCUT2D eigenvalue weighted by atomic mass is 32.1. The van der Waals surface area contributed by atoms with Gasteiger partial charge in [-0.3, -0.25) is 4.90 Å². The Hall–Kier alpha value is -1.98. The smallest absolute Gasteiger partial charge is 0.240 e. The van der Waals surface area contributed by atoms with Gasteiger partial charge in [0.25, 0.3) is 0 Å². The molecule has 0 saturated heterocycles. The Morgan fingerprint density at radius 1 is 1.17 bits per heavy atom. The zero-order chi connectivity index (χ0) is 15.9. The van der Waals surface area contributed by atoms with Gasteiger partial charge in [-0.2, -0.15) is 4.98 Å². The first-order chi connectivity index (χ1) is 11.9. The molecule has 2 aliphatic rings. The van der Waals surface area contributed by atoms with Crippen molar-refractivity contribution in [1.29, 1.82) is 0 Å². The van der Waals surface area contributed by atoms with E-state index in [0.29, 0.717) is 12.5 Å². The molecule has 2 aromatic heterocycles. The molecule has 4 nitrogen and oxygen atoms in total. The minimum absolute atomic E-state index is 0.275. The SMILES string of the molecule is c1ccc([C@H]2c3ccsc3CCN2Cc2nc(C3CC3)no2)cc1. The number of nitrogens with zero attached hydrogens (tertiary/aromatic N) is 3. The van der Waals surface area contributed by atoms with E-state index >= 15 is 0 Å². The number of benzene rings is 1. The summed E-state index contributed by atoms with van der Waals surface area (Å²) in [5, 5.41) is 6.38. The Bertz CT molecular complexity index is 837. The Morgan fingerprint density at radius 3 is 2.88 bits per heavy atom. The summed E-state index contributed by atoms with van der Waals surface area (Å²) in [5.74, 6) is 2.18. The van der Waals surface area contributed by atoms with Crippen LogP contribution in [0.25, 0.3) is 0 Å². The Morgan fingerprint density at radius 2 is 2.04 bits per heavy atom. The molecule has 5 rings (SSSR count). The third-order valence-electron chi connectivity index (χ3n) is 4.95. The van der Waals surface area contributed by atoms with E-state index in [9.17, 15) is 0 Å². The molecule has 3 aromatic rings. The zero-order valence-corrected chi connectivity index (χ0v) is 14.2. The van der Waals surface area contributed by atoms with Crippen LogP contribution in [-0.4, -0.2) is 21.6 Å². The summed E-state index contributed by atoms with van der Waals surface area (Å²) in [7, 11) is 0. The van der Waals surface area contributed by atoms with Gasteiger partial charge in [0.2, 0.25) is 5.89 Å². The van der Waals surface area contributed by atoms with Gasteiger partial charge in [-0.15, -0.1) is 11.3 Å². The second-order valence-corrected chi connectivity index (χ2v) is 7.65. The van der Waals surface area contributed by atoms with E-state index in [4.69, 9.17) is 4.52 Å². The highest BCUT2D eigenvalue weighted by molar-refractivity contribution is 7.10. The molecule has 1 saturated carbocycles. The summed E-state index contributed by atoms with van der Waals surface area (Å²) in [4.78, 5) is 8.59. The van der Waals surface area contributed by atoms with Gasteiger partial charge in [-0.25, -0.2) is 0 Å². The maximum Gasteiger partial charge on any atom is 0.240 e. The zero-order valence-electron chi connectivity index (χ0n) is 13.4. The molecule has 1 aliphatic carbocycles. The van der Waals surface area contributed by atoms with Crippen molar-refractivity contribution >= 4 is 11.3 Å². The van der Waals surface area contributed by atoms with E-state index in [2.05, 4.69) is 56.8 Å². The van der Waals surface area contributed by atoms with Crippen molar-refractivity contribution < 1.29 is 4.52 Å². The molecule has 1 fully saturated rings. The first kappa shape index (κ1) is 14.4. The minimum atomic E-state index is 0.275. The average molecular weight is 337 g/mol. The second-order valence-electron chi connectivity index (χ2n) is 6.65. The fourth-order valence-corrected chi connectivity index (χ4v) is 4.48. The Kier molecular flexibility index (Phi) is 3.49. The standard InChI is InChI=1S/C19H19N3OS/c1-2-4-13(5-3-1)18-15-9-11-24-16(15)8-10-22(18)12-17-20-19(21-23-17)14-6-7-14/h1-5,9,11,14,18H,6-8,10,12H2/t18-/m0/s1. The van der Waals surface area contributed by atoms with Crippen LogP contribution in [0.3, 0.4) is 0 Å². The Balaban J connectivity index is 1.47. The molecule has 24 heavy (non-hydrogen) atoms. The summed E-state index contributed by atoms with van der Waals surface area (Å²) >= 11 is 1.87. The summed E-state index contributed by atoms with van der Waals surface area (Å²) in [6, 6.07) is 13.3. The van der Waals surface area contributed by atoms with Crippen LogP contribution < -0.4 is 0 Å². The fraction of sp³-hybridized carbons (Fsp3) is 0.368. The maximum absolute atomic E-state index is 5.52. The van der Waals surface area contributed by atoms with Crippen LogP contribution in [0.1, 0.15) is 52.5 Å². The number of aromatic nitrogens is 2. The number of thiophene rings is 1. The summed E-state index contributed by atoms with van der Waals surface area (Å²) < 4.78 is 5.52. The van der Waals surface area contributed by atoms with E-state index in [1.165, 1.54) is 28.8 Å². The van der Waals surface area contributed by atoms with E-state index in [0.717, 1.165) is 24.7 Å². The van der Waals surface area contributed by atoms with Crippen molar-refractivity contribution in [3.63, 3.8) is 0 Å². The van der Waals surface area contributed by atoms with E-state index < -0.39 is 0 Å². The van der Waals surface area contributed by atoms with Crippen LogP contribution in [0.2, 0.25) is 0 Å². The first-order valence-corrected chi connectivity index (χ1v) is 9.44. The molecular weight excluding hydrogens is 318 g/mol. The lowest BCUT2D eigenvalue weighted by molar-refractivity contribution is 0.179. The number of hydrogen-bond acceptors (Lipinski definition) is 5. The molecule has 0 amide bonds. The summed E-state index contributed by atoms with van der Waals surface area (Å²) in [6.07, 6.45) is 3.50. The van der Waals surface area contributed by atoms with Crippen molar-refractivity contribution in [3.05, 3.63) is 69.5 Å². The van der Waals surface area contributed by atoms with Gasteiger partial charge < -0.3 is 4.52 Å². The molecule has 0 bridgehead atoms. The molecule has 0 radical (unpaired) electrons. The summed E-state index contributed by atoms with van der Waals surface area (Å²) in [6.45, 7) is 1.74. The molecule has 1 aromatic carbocycles. The van der Waals surface area contributed by atoms with Crippen LogP contribution in [0.4, 0.5) is 0 Å². The molecule has 3 heterocycles. The molecule has 1 atom stereocenters. The van der Waals surface area contributed by atoms with Crippen LogP contribution in [0, 0.1) is 0 Å². The average Bonchev–Trinajstić information content (AvgIpc) is 3.17. The topological polar surface area (TPSA) is 42.2 Å². The molecular formula is C19H19N3OS. The van der Waals surface area contributed by atoms with Gasteiger partial charge in [0, 0.05) is 17.3 Å². The number of rotatable bonds is 4. The molecule has 0 spiro atoms. The third kappa shape index (κ3) is 2.58. The van der Waals surface area contributed by atoms with Gasteiger partial charge >= 0.3 is 0 Å². The predicted molar refractivity (Wildman–Crippen MR) is 93.0 cm³/mol. The van der Waals surface area contributed by atoms with Crippen molar-refractivity contribution in [2.75, 3.05) is 6.54 Å². The van der Waals surface area contributed by atoms with Crippen molar-refractivity contribution in [2.45, 2.75) is 37.8 Å². The van der Waals surface area contributed by atoms with E-state index in [1.807, 2.05) is 11.3 Å². The van der Waals surface area contributed by atoms with Gasteiger partial charge in [0.15, 0.2) is 5.82 Å². The highest BCUT2D eigenvalue weighted by Gasteiger charge is 2.32. The fourth-order valence-electron chi connectivity index (χ4n) is 3.58. The Labute approximate surface area is 145 Å². The van der Waals surface area contributed by atoms with Gasteiger partial charge in [-0.1, -0.05) is 35.5 Å². The van der Waals surface area contributed by atoms with Crippen LogP contribution in [-0.2, 0) is 13.0 Å². The number of hydrogen-bond donors (Lipinski definition) is 0. The largest absolute Gasteiger partial charge is 0.338 e. The monoisotopic (exact) mass is 337 g/mol. The van der Waals surface area contributed by atoms with Crippen LogP contribution >= 0.6 is 11.3 Å². The molecule has 1 aliphatic heterocycles. The van der Waals surface area contributed by atoms with E-state index in [1.54, 1.807) is 0 Å². The molecule has 0 unspecified atom stereocenters. The van der Waals surface area contributed by atoms with Crippen LogP contribution in [0.15, 0.2) is 46.3 Å². The maximum atomic E-state index is 5.52. The van der Waals surface area contributed by atoms with Crippen molar-refractivity contribution in [2.24, 2.45) is 0 Å². The first-order valence-electron chi connectivity index (χ1n) is 8.56. The predicted octanol–water partition coefficient (Wildman–Crippen LogP) is 4.16. The van der Waals surface area contributed by atoms with Crippen molar-refractivity contribution in [1.82, 2.24) is 15.0 Å². The van der Waals surface area contributed by atoms with Crippen LogP contribution in [0.5, 0.6) is 0 Å². The lowest BCUT2D eigenvalue weighted by atomic mass is 9.93. The third-order valence-corrected chi connectivity index (χ3v) is 5.94. The number of fused-ring (bicyclic) bond motifs is 1. The molecule has 0 N–H and O–H groups in total.